The van der Waals surface area contributed by atoms with E-state index in [1.165, 1.54) is 5.69 Å². The van der Waals surface area contributed by atoms with Crippen LogP contribution >= 0.6 is 0 Å². The summed E-state index contributed by atoms with van der Waals surface area (Å²) in [4.78, 5) is 2.39. The predicted octanol–water partition coefficient (Wildman–Crippen LogP) is 2.53. The van der Waals surface area contributed by atoms with Crippen molar-refractivity contribution in [2.24, 2.45) is 7.05 Å². The van der Waals surface area contributed by atoms with Gasteiger partial charge in [-0.2, -0.15) is 10.4 Å². The van der Waals surface area contributed by atoms with E-state index in [9.17, 15) is 0 Å². The molecule has 1 N–H and O–H groups in total. The zero-order valence-electron chi connectivity index (χ0n) is 14.5. The van der Waals surface area contributed by atoms with Gasteiger partial charge in [-0.3, -0.25) is 4.68 Å². The fourth-order valence-corrected chi connectivity index (χ4v) is 3.94. The molecule has 0 radical (unpaired) electrons. The van der Waals surface area contributed by atoms with Gasteiger partial charge < -0.3 is 15.0 Å². The number of rotatable bonds is 3. The first-order chi connectivity index (χ1) is 12.2. The zero-order chi connectivity index (χ0) is 17.3. The molecule has 130 valence electrons. The number of nitriles is 1. The molecular weight excluding hydrogens is 314 g/mol. The Morgan fingerprint density at radius 3 is 2.68 bits per heavy atom. The normalized spacial score (nSPS) is 22.1. The molecule has 1 spiro atoms. The molecule has 6 heteroatoms. The molecule has 6 nitrogen and oxygen atoms in total. The number of ether oxygens (including phenoxy) is 1. The van der Waals surface area contributed by atoms with E-state index in [1.54, 1.807) is 0 Å². The molecule has 0 saturated carbocycles. The topological polar surface area (TPSA) is 66.1 Å². The molecule has 1 aromatic carbocycles. The number of piperidine rings is 1. The van der Waals surface area contributed by atoms with Gasteiger partial charge in [0.2, 0.25) is 0 Å². The highest BCUT2D eigenvalue weighted by Gasteiger charge is 2.42. The minimum Gasteiger partial charge on any atom is -0.377 e. The molecule has 2 aromatic rings. The van der Waals surface area contributed by atoms with Gasteiger partial charge in [0.05, 0.1) is 41.8 Å². The summed E-state index contributed by atoms with van der Waals surface area (Å²) in [6.07, 6.45) is 6.98. The predicted molar refractivity (Wildman–Crippen MR) is 96.5 cm³/mol. The Bertz CT molecular complexity index is 768. The van der Waals surface area contributed by atoms with E-state index < -0.39 is 0 Å². The molecule has 3 heterocycles. The van der Waals surface area contributed by atoms with Crippen LogP contribution in [0.2, 0.25) is 0 Å². The summed E-state index contributed by atoms with van der Waals surface area (Å²) in [5, 5.41) is 16.7. The van der Waals surface area contributed by atoms with Crippen LogP contribution in [0.25, 0.3) is 0 Å². The van der Waals surface area contributed by atoms with E-state index in [0.29, 0.717) is 11.6 Å². The Labute approximate surface area is 148 Å². The first-order valence-corrected chi connectivity index (χ1v) is 8.80. The third kappa shape index (κ3) is 3.33. The van der Waals surface area contributed by atoms with Crippen molar-refractivity contribution >= 4 is 11.4 Å². The molecule has 2 aliphatic heterocycles. The van der Waals surface area contributed by atoms with Crippen molar-refractivity contribution in [3.8, 4) is 6.07 Å². The third-order valence-electron chi connectivity index (χ3n) is 5.32. The van der Waals surface area contributed by atoms with Crippen LogP contribution in [0, 0.1) is 11.3 Å². The van der Waals surface area contributed by atoms with Crippen LogP contribution in [-0.2, 0) is 11.8 Å². The lowest BCUT2D eigenvalue weighted by Gasteiger charge is -2.39. The summed E-state index contributed by atoms with van der Waals surface area (Å²) in [5.74, 6) is 0. The van der Waals surface area contributed by atoms with Crippen molar-refractivity contribution in [3.63, 3.8) is 0 Å². The SMILES string of the molecule is Cn1cc(NC2COC3(CCN(c4ccc(C#N)cc4)CC3)C2)cn1. The summed E-state index contributed by atoms with van der Waals surface area (Å²) in [7, 11) is 1.93. The molecule has 1 aromatic heterocycles. The third-order valence-corrected chi connectivity index (χ3v) is 5.32. The molecule has 25 heavy (non-hydrogen) atoms. The van der Waals surface area contributed by atoms with Crippen molar-refractivity contribution in [2.45, 2.75) is 30.9 Å². The van der Waals surface area contributed by atoms with Crippen LogP contribution in [0.5, 0.6) is 0 Å². The second-order valence-electron chi connectivity index (χ2n) is 7.09. The maximum atomic E-state index is 8.92. The molecule has 1 atom stereocenters. The fourth-order valence-electron chi connectivity index (χ4n) is 3.94. The lowest BCUT2D eigenvalue weighted by molar-refractivity contribution is -0.0147. The second-order valence-corrected chi connectivity index (χ2v) is 7.09. The highest BCUT2D eigenvalue weighted by molar-refractivity contribution is 5.50. The first-order valence-electron chi connectivity index (χ1n) is 8.80. The molecule has 2 fully saturated rings. The number of nitrogens with one attached hydrogen (secondary N) is 1. The Morgan fingerprint density at radius 1 is 1.28 bits per heavy atom. The quantitative estimate of drug-likeness (QED) is 0.932. The standard InChI is InChI=1S/C19H23N5O/c1-23-13-17(12-21-23)22-16-10-19(25-14-16)6-8-24(9-7-19)18-4-2-15(11-20)3-5-18/h2-5,12-13,16,22H,6-10,14H2,1H3. The molecular formula is C19H23N5O. The van der Waals surface area contributed by atoms with Gasteiger partial charge in [0.1, 0.15) is 0 Å². The summed E-state index contributed by atoms with van der Waals surface area (Å²) in [6, 6.07) is 10.4. The van der Waals surface area contributed by atoms with Gasteiger partial charge in [-0.05, 0) is 43.5 Å². The average molecular weight is 337 g/mol. The summed E-state index contributed by atoms with van der Waals surface area (Å²) < 4.78 is 8.04. The number of aromatic nitrogens is 2. The number of hydrogen-bond acceptors (Lipinski definition) is 5. The molecule has 0 bridgehead atoms. The Morgan fingerprint density at radius 2 is 2.04 bits per heavy atom. The number of benzene rings is 1. The van der Waals surface area contributed by atoms with Gasteiger partial charge in [-0.15, -0.1) is 0 Å². The van der Waals surface area contributed by atoms with Crippen LogP contribution in [0.4, 0.5) is 11.4 Å². The minimum atomic E-state index is 0.00295. The van der Waals surface area contributed by atoms with Crippen LogP contribution in [0.15, 0.2) is 36.7 Å². The Balaban J connectivity index is 1.34. The van der Waals surface area contributed by atoms with E-state index in [-0.39, 0.29) is 5.60 Å². The molecule has 4 rings (SSSR count). The average Bonchev–Trinajstić information content (AvgIpc) is 3.22. The highest BCUT2D eigenvalue weighted by atomic mass is 16.5. The Kier molecular flexibility index (Phi) is 4.10. The lowest BCUT2D eigenvalue weighted by atomic mass is 9.87. The van der Waals surface area contributed by atoms with E-state index >= 15 is 0 Å². The van der Waals surface area contributed by atoms with Gasteiger partial charge >= 0.3 is 0 Å². The van der Waals surface area contributed by atoms with Crippen LogP contribution in [0.1, 0.15) is 24.8 Å². The lowest BCUT2D eigenvalue weighted by Crippen LogP contribution is -2.44. The summed E-state index contributed by atoms with van der Waals surface area (Å²) >= 11 is 0. The fraction of sp³-hybridized carbons (Fsp3) is 0.474. The minimum absolute atomic E-state index is 0.00295. The highest BCUT2D eigenvalue weighted by Crippen LogP contribution is 2.38. The number of hydrogen-bond donors (Lipinski definition) is 1. The van der Waals surface area contributed by atoms with Crippen molar-refractivity contribution in [1.82, 2.24) is 9.78 Å². The summed E-state index contributed by atoms with van der Waals surface area (Å²) in [6.45, 7) is 2.74. The van der Waals surface area contributed by atoms with Crippen molar-refractivity contribution < 1.29 is 4.74 Å². The van der Waals surface area contributed by atoms with E-state index in [2.05, 4.69) is 21.4 Å². The summed E-state index contributed by atoms with van der Waals surface area (Å²) in [5.41, 5.74) is 2.96. The van der Waals surface area contributed by atoms with E-state index in [4.69, 9.17) is 10.00 Å². The second kappa shape index (κ2) is 6.41. The zero-order valence-corrected chi connectivity index (χ0v) is 14.5. The number of aryl methyl sites for hydroxylation is 1. The monoisotopic (exact) mass is 337 g/mol. The maximum Gasteiger partial charge on any atom is 0.0991 e. The number of anilines is 2. The van der Waals surface area contributed by atoms with Gasteiger partial charge in [-0.25, -0.2) is 0 Å². The van der Waals surface area contributed by atoms with Crippen molar-refractivity contribution in [1.29, 1.82) is 5.26 Å². The molecule has 1 unspecified atom stereocenters. The van der Waals surface area contributed by atoms with Gasteiger partial charge in [-0.1, -0.05) is 0 Å². The van der Waals surface area contributed by atoms with Crippen LogP contribution in [0.3, 0.4) is 0 Å². The largest absolute Gasteiger partial charge is 0.377 e. The number of nitrogens with zero attached hydrogens (tertiary/aromatic N) is 4. The van der Waals surface area contributed by atoms with Gasteiger partial charge in [0.15, 0.2) is 0 Å². The van der Waals surface area contributed by atoms with Crippen molar-refractivity contribution in [2.75, 3.05) is 29.9 Å². The molecule has 2 saturated heterocycles. The van der Waals surface area contributed by atoms with Crippen LogP contribution < -0.4 is 10.2 Å². The van der Waals surface area contributed by atoms with Gasteiger partial charge in [0, 0.05) is 32.0 Å². The molecule has 0 amide bonds. The van der Waals surface area contributed by atoms with E-state index in [1.807, 2.05) is 48.4 Å². The Hall–Kier alpha value is -2.52. The smallest absolute Gasteiger partial charge is 0.0991 e. The van der Waals surface area contributed by atoms with E-state index in [0.717, 1.165) is 44.6 Å². The molecule has 0 aliphatic carbocycles. The van der Waals surface area contributed by atoms with Crippen LogP contribution in [-0.4, -0.2) is 41.1 Å². The van der Waals surface area contributed by atoms with Gasteiger partial charge in [0.25, 0.3) is 0 Å². The first kappa shape index (κ1) is 16.0. The van der Waals surface area contributed by atoms with Crippen molar-refractivity contribution in [3.05, 3.63) is 42.2 Å². The molecule has 2 aliphatic rings. The maximum absolute atomic E-state index is 8.92.